The first-order valence-corrected chi connectivity index (χ1v) is 14.4. The second-order valence-electron chi connectivity index (χ2n) is 7.64. The van der Waals surface area contributed by atoms with E-state index in [0.29, 0.717) is 5.52 Å². The van der Waals surface area contributed by atoms with Crippen LogP contribution in [0, 0.1) is 0 Å². The summed E-state index contributed by atoms with van der Waals surface area (Å²) < 4.78 is 65.9. The number of thiazole rings is 1. The van der Waals surface area contributed by atoms with Gasteiger partial charge in [-0.1, -0.05) is 6.07 Å². The van der Waals surface area contributed by atoms with Crippen molar-refractivity contribution in [1.29, 1.82) is 0 Å². The third-order valence-electron chi connectivity index (χ3n) is 4.94. The molecule has 3 N–H and O–H groups in total. The number of nitrogens with one attached hydrogen (secondary N) is 2. The van der Waals surface area contributed by atoms with E-state index in [-0.39, 0.29) is 29.1 Å². The number of hydrogen-bond acceptors (Lipinski definition) is 12. The number of methoxy groups -OCH3 is 1. The second kappa shape index (κ2) is 10.5. The lowest BCUT2D eigenvalue weighted by Gasteiger charge is -2.11. The largest absolute Gasteiger partial charge is 0.464 e. The standard InChI is InChI=1S/C19H21N7O8S3/c1-26-10-12(8-20-26)11-3-4-13-14(7-11)35-18(22-13)16(36(29,30)6-5-33-2)17-24-23-15(34-17)9-21-37(31,32)25-19(27)28/h3-4,7-8,10,16,21,25H,5-6,9H2,1-2H3,(H,27,28). The number of aromatic nitrogens is 5. The van der Waals surface area contributed by atoms with E-state index in [0.717, 1.165) is 27.2 Å². The summed E-state index contributed by atoms with van der Waals surface area (Å²) >= 11 is 1.14. The number of sulfone groups is 1. The van der Waals surface area contributed by atoms with Crippen LogP contribution in [0.2, 0.25) is 0 Å². The van der Waals surface area contributed by atoms with Crippen LogP contribution in [0.3, 0.4) is 0 Å². The van der Waals surface area contributed by atoms with E-state index in [9.17, 15) is 21.6 Å². The first-order valence-electron chi connectivity index (χ1n) is 10.4. The molecule has 4 rings (SSSR count). The number of ether oxygens (including phenoxy) is 1. The summed E-state index contributed by atoms with van der Waals surface area (Å²) in [5.74, 6) is -0.960. The van der Waals surface area contributed by atoms with Gasteiger partial charge in [-0.2, -0.15) is 18.2 Å². The molecule has 1 aromatic carbocycles. The Labute approximate surface area is 214 Å². The van der Waals surface area contributed by atoms with Crippen molar-refractivity contribution in [1.82, 2.24) is 34.4 Å². The van der Waals surface area contributed by atoms with E-state index in [1.807, 2.05) is 23.1 Å². The van der Waals surface area contributed by atoms with Gasteiger partial charge in [0.15, 0.2) is 15.1 Å². The minimum absolute atomic E-state index is 0.0868. The highest BCUT2D eigenvalue weighted by molar-refractivity contribution is 7.92. The number of carbonyl (C=O) groups is 1. The highest BCUT2D eigenvalue weighted by atomic mass is 32.2. The van der Waals surface area contributed by atoms with Crippen LogP contribution in [0.25, 0.3) is 21.3 Å². The van der Waals surface area contributed by atoms with E-state index < -0.39 is 37.9 Å². The molecule has 0 aliphatic rings. The lowest BCUT2D eigenvalue weighted by Crippen LogP contribution is -2.39. The first-order chi connectivity index (χ1) is 17.5. The summed E-state index contributed by atoms with van der Waals surface area (Å²) in [6, 6.07) is 5.48. The lowest BCUT2D eigenvalue weighted by atomic mass is 10.1. The maximum Gasteiger partial charge on any atom is 0.419 e. The number of benzene rings is 1. The SMILES string of the molecule is COCCS(=O)(=O)C(c1nnc(CNS(=O)(=O)NC(=O)O)o1)c1nc2ccc(-c3cnn(C)c3)cc2s1. The van der Waals surface area contributed by atoms with Crippen molar-refractivity contribution in [3.05, 3.63) is 47.4 Å². The van der Waals surface area contributed by atoms with Gasteiger partial charge in [-0.25, -0.2) is 22.9 Å². The van der Waals surface area contributed by atoms with Crippen molar-refractivity contribution < 1.29 is 35.9 Å². The molecule has 0 aliphatic carbocycles. The molecule has 1 unspecified atom stereocenters. The topological polar surface area (TPSA) is 208 Å². The van der Waals surface area contributed by atoms with Gasteiger partial charge >= 0.3 is 16.3 Å². The lowest BCUT2D eigenvalue weighted by molar-refractivity contribution is 0.201. The summed E-state index contributed by atoms with van der Waals surface area (Å²) in [7, 11) is -5.20. The van der Waals surface area contributed by atoms with Crippen molar-refractivity contribution in [2.24, 2.45) is 7.05 Å². The first kappa shape index (κ1) is 26.6. The van der Waals surface area contributed by atoms with E-state index in [1.165, 1.54) is 11.8 Å². The molecule has 1 amide bonds. The van der Waals surface area contributed by atoms with Crippen molar-refractivity contribution in [2.45, 2.75) is 11.8 Å². The highest BCUT2D eigenvalue weighted by Gasteiger charge is 2.36. The number of hydrogen-bond donors (Lipinski definition) is 3. The van der Waals surface area contributed by atoms with E-state index >= 15 is 0 Å². The summed E-state index contributed by atoms with van der Waals surface area (Å²) in [5.41, 5.74) is 2.31. The van der Waals surface area contributed by atoms with Gasteiger partial charge in [-0.3, -0.25) is 4.68 Å². The predicted molar refractivity (Wildman–Crippen MR) is 131 cm³/mol. The van der Waals surface area contributed by atoms with Crippen LogP contribution in [0.5, 0.6) is 0 Å². The molecule has 0 saturated carbocycles. The Balaban J connectivity index is 1.68. The number of fused-ring (bicyclic) bond motifs is 1. The Morgan fingerprint density at radius 3 is 2.70 bits per heavy atom. The quantitative estimate of drug-likeness (QED) is 0.229. The summed E-state index contributed by atoms with van der Waals surface area (Å²) in [4.78, 5) is 15.1. The molecule has 15 nitrogen and oxygen atoms in total. The number of aryl methyl sites for hydroxylation is 1. The molecule has 0 saturated heterocycles. The van der Waals surface area contributed by atoms with Crippen LogP contribution in [0.1, 0.15) is 22.0 Å². The molecule has 3 aromatic heterocycles. The fraction of sp³-hybridized carbons (Fsp3) is 0.316. The van der Waals surface area contributed by atoms with Crippen LogP contribution in [-0.2, 0) is 38.4 Å². The summed E-state index contributed by atoms with van der Waals surface area (Å²) in [6.45, 7) is -0.661. The van der Waals surface area contributed by atoms with Crippen LogP contribution in [0.15, 0.2) is 35.0 Å². The smallest absolute Gasteiger partial charge is 0.419 e. The monoisotopic (exact) mass is 571 g/mol. The molecule has 0 bridgehead atoms. The molecule has 37 heavy (non-hydrogen) atoms. The Hall–Kier alpha value is -3.45. The van der Waals surface area contributed by atoms with Crippen LogP contribution < -0.4 is 9.44 Å². The maximum atomic E-state index is 13.3. The van der Waals surface area contributed by atoms with E-state index in [4.69, 9.17) is 14.3 Å². The fourth-order valence-corrected chi connectivity index (χ4v) is 6.86. The van der Waals surface area contributed by atoms with Crippen LogP contribution in [0.4, 0.5) is 4.79 Å². The maximum absolute atomic E-state index is 13.3. The minimum atomic E-state index is -4.40. The number of amides is 1. The number of nitrogens with zero attached hydrogens (tertiary/aromatic N) is 5. The number of carboxylic acid groups (broad SMARTS) is 1. The molecule has 0 spiro atoms. The predicted octanol–water partition coefficient (Wildman–Crippen LogP) is 0.832. The Morgan fingerprint density at radius 1 is 1.24 bits per heavy atom. The third-order valence-corrected chi connectivity index (χ3v) is 9.02. The molecule has 0 radical (unpaired) electrons. The average molecular weight is 572 g/mol. The van der Waals surface area contributed by atoms with Crippen molar-refractivity contribution in [3.63, 3.8) is 0 Å². The molecule has 1 atom stereocenters. The van der Waals surface area contributed by atoms with E-state index in [2.05, 4.69) is 20.3 Å². The van der Waals surface area contributed by atoms with Crippen molar-refractivity contribution in [2.75, 3.05) is 19.5 Å². The minimum Gasteiger partial charge on any atom is -0.464 e. The van der Waals surface area contributed by atoms with Gasteiger partial charge < -0.3 is 14.3 Å². The second-order valence-corrected chi connectivity index (χ2v) is 12.4. The van der Waals surface area contributed by atoms with Gasteiger partial charge in [0.25, 0.3) is 0 Å². The summed E-state index contributed by atoms with van der Waals surface area (Å²) in [5, 5.41) is 19.0. The van der Waals surface area contributed by atoms with Crippen molar-refractivity contribution in [3.8, 4) is 11.1 Å². The third kappa shape index (κ3) is 6.28. The molecule has 3 heterocycles. The van der Waals surface area contributed by atoms with Gasteiger partial charge in [0.05, 0.1) is 35.3 Å². The zero-order chi connectivity index (χ0) is 26.8. The highest BCUT2D eigenvalue weighted by Crippen LogP contribution is 2.37. The molecule has 4 aromatic rings. The fourth-order valence-electron chi connectivity index (χ4n) is 3.29. The molecule has 18 heteroatoms. The molecular formula is C19H21N7O8S3. The van der Waals surface area contributed by atoms with Gasteiger partial charge in [0.2, 0.25) is 11.8 Å². The van der Waals surface area contributed by atoms with Gasteiger partial charge in [0, 0.05) is 25.9 Å². The van der Waals surface area contributed by atoms with Gasteiger partial charge in [-0.15, -0.1) is 21.5 Å². The average Bonchev–Trinajstić information content (AvgIpc) is 3.55. The Kier molecular flexibility index (Phi) is 7.55. The zero-order valence-corrected chi connectivity index (χ0v) is 21.8. The molecular weight excluding hydrogens is 550 g/mol. The molecule has 0 fully saturated rings. The number of rotatable bonds is 11. The van der Waals surface area contributed by atoms with Gasteiger partial charge in [0.1, 0.15) is 5.01 Å². The zero-order valence-electron chi connectivity index (χ0n) is 19.4. The van der Waals surface area contributed by atoms with E-state index in [1.54, 1.807) is 24.0 Å². The molecule has 198 valence electrons. The normalized spacial score (nSPS) is 13.1. The van der Waals surface area contributed by atoms with Crippen LogP contribution in [-0.4, -0.2) is 72.5 Å². The Bertz CT molecular complexity index is 1640. The Morgan fingerprint density at radius 2 is 2.03 bits per heavy atom. The van der Waals surface area contributed by atoms with Gasteiger partial charge in [-0.05, 0) is 17.7 Å². The van der Waals surface area contributed by atoms with Crippen LogP contribution >= 0.6 is 11.3 Å². The van der Waals surface area contributed by atoms with Crippen molar-refractivity contribution >= 4 is 47.7 Å². The molecule has 0 aliphatic heterocycles. The summed E-state index contributed by atoms with van der Waals surface area (Å²) in [6.07, 6.45) is 1.77.